The Morgan fingerprint density at radius 3 is 2.56 bits per heavy atom. The third-order valence-electron chi connectivity index (χ3n) is 3.28. The van der Waals surface area contributed by atoms with Gasteiger partial charge in [-0.05, 0) is 43.7 Å². The van der Waals surface area contributed by atoms with Gasteiger partial charge in [0, 0.05) is 19.6 Å². The molecule has 0 saturated carbocycles. The minimum atomic E-state index is -3.53. The first-order chi connectivity index (χ1) is 8.51. The molecule has 1 N–H and O–H groups in total. The maximum absolute atomic E-state index is 12.8. The van der Waals surface area contributed by atoms with Crippen LogP contribution in [0.3, 0.4) is 0 Å². The summed E-state index contributed by atoms with van der Waals surface area (Å²) in [5.41, 5.74) is 0. The largest absolute Gasteiger partial charge is 0.315 e. The standard InChI is InChI=1S/C12H17FN2O2S/c1-15(11-3-2-8-14-9-11)18(16,17)12-6-4-10(13)5-7-12/h4-7,11,14H,2-3,8-9H2,1H3. The van der Waals surface area contributed by atoms with Crippen LogP contribution in [0.15, 0.2) is 29.2 Å². The number of likely N-dealkylation sites (N-methyl/N-ethyl adjacent to an activating group) is 1. The van der Waals surface area contributed by atoms with Gasteiger partial charge in [0.05, 0.1) is 4.90 Å². The molecule has 4 nitrogen and oxygen atoms in total. The number of nitrogens with zero attached hydrogens (tertiary/aromatic N) is 1. The van der Waals surface area contributed by atoms with Crippen molar-refractivity contribution in [1.82, 2.24) is 9.62 Å². The number of piperidine rings is 1. The Hall–Kier alpha value is -0.980. The second-order valence-corrected chi connectivity index (χ2v) is 6.47. The maximum atomic E-state index is 12.8. The molecule has 2 rings (SSSR count). The monoisotopic (exact) mass is 272 g/mol. The molecule has 1 aromatic carbocycles. The van der Waals surface area contributed by atoms with E-state index in [1.54, 1.807) is 7.05 Å². The van der Waals surface area contributed by atoms with Crippen LogP contribution in [0.4, 0.5) is 4.39 Å². The van der Waals surface area contributed by atoms with Crippen molar-refractivity contribution in [3.8, 4) is 0 Å². The lowest BCUT2D eigenvalue weighted by Crippen LogP contribution is -2.46. The molecule has 6 heteroatoms. The van der Waals surface area contributed by atoms with Gasteiger partial charge in [-0.3, -0.25) is 0 Å². The highest BCUT2D eigenvalue weighted by atomic mass is 32.2. The lowest BCUT2D eigenvalue weighted by molar-refractivity contribution is 0.300. The number of nitrogens with one attached hydrogen (secondary N) is 1. The van der Waals surface area contributed by atoms with Crippen LogP contribution in [0.2, 0.25) is 0 Å². The third-order valence-corrected chi connectivity index (χ3v) is 5.20. The van der Waals surface area contributed by atoms with Gasteiger partial charge in [-0.2, -0.15) is 4.31 Å². The summed E-state index contributed by atoms with van der Waals surface area (Å²) >= 11 is 0. The topological polar surface area (TPSA) is 49.4 Å². The lowest BCUT2D eigenvalue weighted by Gasteiger charge is -2.30. The fraction of sp³-hybridized carbons (Fsp3) is 0.500. The molecule has 1 fully saturated rings. The zero-order valence-corrected chi connectivity index (χ0v) is 11.1. The molecule has 1 atom stereocenters. The Balaban J connectivity index is 2.21. The molecule has 1 saturated heterocycles. The molecule has 0 spiro atoms. The van der Waals surface area contributed by atoms with E-state index in [-0.39, 0.29) is 10.9 Å². The number of sulfonamides is 1. The Morgan fingerprint density at radius 1 is 1.33 bits per heavy atom. The van der Waals surface area contributed by atoms with Crippen LogP contribution in [-0.4, -0.2) is 38.9 Å². The molecule has 100 valence electrons. The average molecular weight is 272 g/mol. The summed E-state index contributed by atoms with van der Waals surface area (Å²) < 4.78 is 38.8. The van der Waals surface area contributed by atoms with Crippen LogP contribution in [-0.2, 0) is 10.0 Å². The summed E-state index contributed by atoms with van der Waals surface area (Å²) in [6.07, 6.45) is 1.82. The van der Waals surface area contributed by atoms with E-state index in [1.165, 1.54) is 28.6 Å². The molecular weight excluding hydrogens is 255 g/mol. The highest BCUT2D eigenvalue weighted by Crippen LogP contribution is 2.19. The van der Waals surface area contributed by atoms with Crippen molar-refractivity contribution in [3.63, 3.8) is 0 Å². The fourth-order valence-corrected chi connectivity index (χ4v) is 3.50. The molecule has 0 aromatic heterocycles. The molecule has 18 heavy (non-hydrogen) atoms. The summed E-state index contributed by atoms with van der Waals surface area (Å²) in [6.45, 7) is 1.60. The summed E-state index contributed by atoms with van der Waals surface area (Å²) in [6, 6.07) is 4.91. The SMILES string of the molecule is CN(C1CCCNC1)S(=O)(=O)c1ccc(F)cc1. The summed E-state index contributed by atoms with van der Waals surface area (Å²) in [4.78, 5) is 0.136. The van der Waals surface area contributed by atoms with E-state index in [1.807, 2.05) is 0 Å². The number of benzene rings is 1. The number of hydrogen-bond acceptors (Lipinski definition) is 3. The van der Waals surface area contributed by atoms with Crippen LogP contribution < -0.4 is 5.32 Å². The zero-order valence-electron chi connectivity index (χ0n) is 10.3. The molecule has 0 amide bonds. The van der Waals surface area contributed by atoms with Crippen LogP contribution in [0.25, 0.3) is 0 Å². The molecule has 1 heterocycles. The van der Waals surface area contributed by atoms with Crippen molar-refractivity contribution in [2.75, 3.05) is 20.1 Å². The summed E-state index contributed by atoms with van der Waals surface area (Å²) in [5, 5.41) is 3.18. The van der Waals surface area contributed by atoms with Crippen molar-refractivity contribution in [3.05, 3.63) is 30.1 Å². The van der Waals surface area contributed by atoms with Crippen LogP contribution in [0, 0.1) is 5.82 Å². The smallest absolute Gasteiger partial charge is 0.243 e. The van der Waals surface area contributed by atoms with Crippen LogP contribution in [0.5, 0.6) is 0 Å². The second kappa shape index (κ2) is 5.34. The average Bonchev–Trinajstić information content (AvgIpc) is 2.39. The Labute approximate surface area is 107 Å². The second-order valence-electron chi connectivity index (χ2n) is 4.48. The van der Waals surface area contributed by atoms with Crippen molar-refractivity contribution in [2.24, 2.45) is 0 Å². The molecule has 1 aliphatic rings. The Morgan fingerprint density at radius 2 is 2.00 bits per heavy atom. The minimum absolute atomic E-state index is 0.0335. The number of rotatable bonds is 3. The Bertz CT molecular complexity index is 495. The van der Waals surface area contributed by atoms with Crippen molar-refractivity contribution in [1.29, 1.82) is 0 Å². The van der Waals surface area contributed by atoms with E-state index in [9.17, 15) is 12.8 Å². The zero-order chi connectivity index (χ0) is 13.2. The van der Waals surface area contributed by atoms with Gasteiger partial charge < -0.3 is 5.32 Å². The van der Waals surface area contributed by atoms with Crippen molar-refractivity contribution in [2.45, 2.75) is 23.8 Å². The maximum Gasteiger partial charge on any atom is 0.243 e. The van der Waals surface area contributed by atoms with E-state index in [0.717, 1.165) is 19.4 Å². The normalized spacial score (nSPS) is 21.2. The van der Waals surface area contributed by atoms with Gasteiger partial charge in [0.1, 0.15) is 5.82 Å². The van der Waals surface area contributed by atoms with E-state index in [2.05, 4.69) is 5.32 Å². The van der Waals surface area contributed by atoms with Gasteiger partial charge in [0.15, 0.2) is 0 Å². The quantitative estimate of drug-likeness (QED) is 0.899. The summed E-state index contributed by atoms with van der Waals surface area (Å²) in [5.74, 6) is -0.434. The minimum Gasteiger partial charge on any atom is -0.315 e. The first-order valence-electron chi connectivity index (χ1n) is 5.96. The fourth-order valence-electron chi connectivity index (χ4n) is 2.11. The summed E-state index contributed by atoms with van der Waals surface area (Å²) in [7, 11) is -1.95. The predicted octanol–water partition coefficient (Wildman–Crippen LogP) is 1.20. The van der Waals surface area contributed by atoms with E-state index < -0.39 is 15.8 Å². The molecule has 0 aliphatic carbocycles. The van der Waals surface area contributed by atoms with Gasteiger partial charge in [-0.15, -0.1) is 0 Å². The molecule has 1 unspecified atom stereocenters. The first-order valence-corrected chi connectivity index (χ1v) is 7.40. The molecule has 1 aromatic rings. The van der Waals surface area contributed by atoms with Gasteiger partial charge in [-0.25, -0.2) is 12.8 Å². The van der Waals surface area contributed by atoms with Gasteiger partial charge >= 0.3 is 0 Å². The Kier molecular flexibility index (Phi) is 3.99. The van der Waals surface area contributed by atoms with E-state index in [0.29, 0.717) is 6.54 Å². The van der Waals surface area contributed by atoms with Gasteiger partial charge in [0.25, 0.3) is 0 Å². The highest BCUT2D eigenvalue weighted by molar-refractivity contribution is 7.89. The lowest BCUT2D eigenvalue weighted by atomic mass is 10.1. The van der Waals surface area contributed by atoms with Crippen LogP contribution >= 0.6 is 0 Å². The molecule has 0 radical (unpaired) electrons. The molecule has 0 bridgehead atoms. The van der Waals surface area contributed by atoms with Gasteiger partial charge in [-0.1, -0.05) is 0 Å². The molecule has 1 aliphatic heterocycles. The van der Waals surface area contributed by atoms with Crippen molar-refractivity contribution < 1.29 is 12.8 Å². The highest BCUT2D eigenvalue weighted by Gasteiger charge is 2.28. The van der Waals surface area contributed by atoms with Crippen LogP contribution in [0.1, 0.15) is 12.8 Å². The van der Waals surface area contributed by atoms with E-state index in [4.69, 9.17) is 0 Å². The number of hydrogen-bond donors (Lipinski definition) is 1. The first kappa shape index (κ1) is 13.5. The third kappa shape index (κ3) is 2.71. The van der Waals surface area contributed by atoms with Gasteiger partial charge in [0.2, 0.25) is 10.0 Å². The predicted molar refractivity (Wildman–Crippen MR) is 67.2 cm³/mol. The van der Waals surface area contributed by atoms with E-state index >= 15 is 0 Å². The molecular formula is C12H17FN2O2S. The van der Waals surface area contributed by atoms with Crippen molar-refractivity contribution >= 4 is 10.0 Å². The number of halogens is 1.